The van der Waals surface area contributed by atoms with E-state index < -0.39 is 5.60 Å². The number of rotatable bonds is 6. The second-order valence-electron chi connectivity index (χ2n) is 4.59. The molecule has 0 aliphatic heterocycles. The van der Waals surface area contributed by atoms with Crippen molar-refractivity contribution in [1.82, 2.24) is 9.78 Å². The topological polar surface area (TPSA) is 73.3 Å². The molecule has 0 aromatic carbocycles. The van der Waals surface area contributed by atoms with Gasteiger partial charge in [0.1, 0.15) is 11.3 Å². The van der Waals surface area contributed by atoms with Gasteiger partial charge >= 0.3 is 0 Å². The third-order valence-electron chi connectivity index (χ3n) is 2.91. The third-order valence-corrected chi connectivity index (χ3v) is 2.91. The zero-order chi connectivity index (χ0) is 13.1. The van der Waals surface area contributed by atoms with Crippen molar-refractivity contribution in [2.75, 3.05) is 13.7 Å². The smallest absolute Gasteiger partial charge is 0.163 e. The number of hydrogen-bond acceptors (Lipinski definition) is 4. The maximum absolute atomic E-state index is 10.7. The summed E-state index contributed by atoms with van der Waals surface area (Å²) in [6.07, 6.45) is 3.07. The van der Waals surface area contributed by atoms with Crippen molar-refractivity contribution in [2.45, 2.75) is 45.3 Å². The Morgan fingerprint density at radius 2 is 2.24 bits per heavy atom. The second-order valence-corrected chi connectivity index (χ2v) is 4.59. The van der Waals surface area contributed by atoms with Gasteiger partial charge in [0.15, 0.2) is 5.75 Å². The Balaban J connectivity index is 3.28. The predicted molar refractivity (Wildman–Crippen MR) is 67.0 cm³/mol. The normalized spacial score (nSPS) is 15.0. The van der Waals surface area contributed by atoms with Gasteiger partial charge in [-0.2, -0.15) is 5.10 Å². The molecule has 3 N–H and O–H groups in total. The molecule has 17 heavy (non-hydrogen) atoms. The minimum atomic E-state index is -1.07. The van der Waals surface area contributed by atoms with Gasteiger partial charge in [-0.15, -0.1) is 0 Å². The van der Waals surface area contributed by atoms with Gasteiger partial charge in [0, 0.05) is 12.6 Å². The van der Waals surface area contributed by atoms with Crippen LogP contribution in [0.3, 0.4) is 0 Å². The number of ether oxygens (including phenoxy) is 1. The van der Waals surface area contributed by atoms with Gasteiger partial charge in [-0.3, -0.25) is 4.68 Å². The average Bonchev–Trinajstić information content (AvgIpc) is 2.73. The first-order valence-corrected chi connectivity index (χ1v) is 6.04. The number of nitrogens with two attached hydrogens (primary N) is 1. The van der Waals surface area contributed by atoms with Crippen LogP contribution in [0, 0.1) is 0 Å². The molecule has 1 unspecified atom stereocenters. The summed E-state index contributed by atoms with van der Waals surface area (Å²) in [4.78, 5) is 0. The molecule has 5 heteroatoms. The van der Waals surface area contributed by atoms with Crippen molar-refractivity contribution in [3.63, 3.8) is 0 Å². The molecule has 0 saturated heterocycles. The van der Waals surface area contributed by atoms with E-state index in [1.807, 2.05) is 20.8 Å². The number of aliphatic hydroxyl groups is 1. The Kier molecular flexibility index (Phi) is 4.54. The van der Waals surface area contributed by atoms with Crippen LogP contribution in [0.2, 0.25) is 0 Å². The highest BCUT2D eigenvalue weighted by Crippen LogP contribution is 2.34. The average molecular weight is 241 g/mol. The van der Waals surface area contributed by atoms with E-state index in [1.165, 1.54) is 0 Å². The lowest BCUT2D eigenvalue weighted by Gasteiger charge is -2.29. The van der Waals surface area contributed by atoms with Crippen LogP contribution < -0.4 is 10.5 Å². The lowest BCUT2D eigenvalue weighted by atomic mass is 9.93. The Morgan fingerprint density at radius 1 is 1.59 bits per heavy atom. The van der Waals surface area contributed by atoms with Gasteiger partial charge in [-0.05, 0) is 20.3 Å². The summed E-state index contributed by atoms with van der Waals surface area (Å²) in [5.41, 5.74) is 5.34. The molecule has 0 bridgehead atoms. The molecule has 0 radical (unpaired) electrons. The third kappa shape index (κ3) is 2.61. The van der Waals surface area contributed by atoms with Crippen LogP contribution in [0.25, 0.3) is 0 Å². The maximum atomic E-state index is 10.7. The molecule has 1 atom stereocenters. The fraction of sp³-hybridized carbons (Fsp3) is 0.750. The van der Waals surface area contributed by atoms with Crippen molar-refractivity contribution >= 4 is 0 Å². The van der Waals surface area contributed by atoms with E-state index in [2.05, 4.69) is 5.10 Å². The Hall–Kier alpha value is -1.07. The fourth-order valence-corrected chi connectivity index (χ4v) is 2.06. The molecule has 0 spiro atoms. The lowest BCUT2D eigenvalue weighted by molar-refractivity contribution is 0.0233. The van der Waals surface area contributed by atoms with E-state index in [4.69, 9.17) is 10.5 Å². The van der Waals surface area contributed by atoms with E-state index >= 15 is 0 Å². The van der Waals surface area contributed by atoms with Gasteiger partial charge < -0.3 is 15.6 Å². The SMILES string of the molecule is CCCC(O)(CN)c1c(OC)cnn1C(C)C. The number of nitrogens with zero attached hydrogens (tertiary/aromatic N) is 2. The molecule has 1 heterocycles. The van der Waals surface area contributed by atoms with Crippen LogP contribution in [-0.2, 0) is 5.60 Å². The molecule has 98 valence electrons. The summed E-state index contributed by atoms with van der Waals surface area (Å²) < 4.78 is 7.05. The van der Waals surface area contributed by atoms with E-state index in [9.17, 15) is 5.11 Å². The molecule has 0 saturated carbocycles. The summed E-state index contributed by atoms with van der Waals surface area (Å²) >= 11 is 0. The molecular formula is C12H23N3O2. The van der Waals surface area contributed by atoms with Crippen molar-refractivity contribution in [1.29, 1.82) is 0 Å². The van der Waals surface area contributed by atoms with Gasteiger partial charge in [0.2, 0.25) is 0 Å². The van der Waals surface area contributed by atoms with E-state index in [-0.39, 0.29) is 12.6 Å². The van der Waals surface area contributed by atoms with Crippen LogP contribution in [0.1, 0.15) is 45.3 Å². The van der Waals surface area contributed by atoms with Crippen molar-refractivity contribution in [3.05, 3.63) is 11.9 Å². The van der Waals surface area contributed by atoms with Crippen molar-refractivity contribution in [3.8, 4) is 5.75 Å². The van der Waals surface area contributed by atoms with Crippen LogP contribution in [0.4, 0.5) is 0 Å². The van der Waals surface area contributed by atoms with Gasteiger partial charge in [-0.25, -0.2) is 0 Å². The monoisotopic (exact) mass is 241 g/mol. The molecular weight excluding hydrogens is 218 g/mol. The first-order chi connectivity index (χ1) is 8.00. The van der Waals surface area contributed by atoms with Crippen LogP contribution in [-0.4, -0.2) is 28.5 Å². The van der Waals surface area contributed by atoms with Crippen LogP contribution in [0.5, 0.6) is 5.75 Å². The Morgan fingerprint density at radius 3 is 2.65 bits per heavy atom. The standard InChI is InChI=1S/C12H23N3O2/c1-5-6-12(16,8-13)11-10(17-4)7-14-15(11)9(2)3/h7,9,16H,5-6,8,13H2,1-4H3. The first-order valence-electron chi connectivity index (χ1n) is 6.04. The van der Waals surface area contributed by atoms with Crippen molar-refractivity contribution in [2.24, 2.45) is 5.73 Å². The minimum absolute atomic E-state index is 0.156. The summed E-state index contributed by atoms with van der Waals surface area (Å²) in [5, 5.41) is 14.9. The van der Waals surface area contributed by atoms with Gasteiger partial charge in [0.25, 0.3) is 0 Å². The highest BCUT2D eigenvalue weighted by atomic mass is 16.5. The number of aromatic nitrogens is 2. The molecule has 1 rings (SSSR count). The summed E-state index contributed by atoms with van der Waals surface area (Å²) in [7, 11) is 1.58. The molecule has 0 fully saturated rings. The Bertz CT molecular complexity index is 363. The molecule has 1 aromatic rings. The lowest BCUT2D eigenvalue weighted by Crippen LogP contribution is -2.37. The second kappa shape index (κ2) is 5.51. The van der Waals surface area contributed by atoms with E-state index in [0.717, 1.165) is 6.42 Å². The highest BCUT2D eigenvalue weighted by Gasteiger charge is 2.34. The van der Waals surface area contributed by atoms with Gasteiger partial charge in [-0.1, -0.05) is 13.3 Å². The predicted octanol–water partition coefficient (Wildman–Crippen LogP) is 1.42. The van der Waals surface area contributed by atoms with E-state index in [1.54, 1.807) is 18.0 Å². The molecule has 5 nitrogen and oxygen atoms in total. The quantitative estimate of drug-likeness (QED) is 0.790. The minimum Gasteiger partial charge on any atom is -0.493 e. The molecule has 0 amide bonds. The van der Waals surface area contributed by atoms with Gasteiger partial charge in [0.05, 0.1) is 13.3 Å². The van der Waals surface area contributed by atoms with Crippen molar-refractivity contribution < 1.29 is 9.84 Å². The summed E-state index contributed by atoms with van der Waals surface area (Å²) in [6.45, 7) is 6.20. The summed E-state index contributed by atoms with van der Waals surface area (Å²) in [6, 6.07) is 0.156. The first kappa shape index (κ1) is 14.0. The highest BCUT2D eigenvalue weighted by molar-refractivity contribution is 5.31. The fourth-order valence-electron chi connectivity index (χ4n) is 2.06. The Labute approximate surface area is 103 Å². The summed E-state index contributed by atoms with van der Waals surface area (Å²) in [5.74, 6) is 0.597. The number of hydrogen-bond donors (Lipinski definition) is 2. The zero-order valence-electron chi connectivity index (χ0n) is 11.1. The molecule has 1 aromatic heterocycles. The van der Waals surface area contributed by atoms with Crippen LogP contribution >= 0.6 is 0 Å². The number of methoxy groups -OCH3 is 1. The maximum Gasteiger partial charge on any atom is 0.163 e. The van der Waals surface area contributed by atoms with E-state index in [0.29, 0.717) is 17.9 Å². The molecule has 0 aliphatic rings. The largest absolute Gasteiger partial charge is 0.493 e. The van der Waals surface area contributed by atoms with Crippen LogP contribution in [0.15, 0.2) is 6.20 Å². The zero-order valence-corrected chi connectivity index (χ0v) is 11.1. The molecule has 0 aliphatic carbocycles.